The van der Waals surface area contributed by atoms with Crippen molar-refractivity contribution in [2.24, 2.45) is 17.8 Å². The first-order valence-corrected chi connectivity index (χ1v) is 11.8. The third kappa shape index (κ3) is 3.67. The van der Waals surface area contributed by atoms with Crippen LogP contribution in [0.5, 0.6) is 5.75 Å². The van der Waals surface area contributed by atoms with Crippen molar-refractivity contribution in [3.8, 4) is 16.9 Å². The van der Waals surface area contributed by atoms with Gasteiger partial charge in [0.05, 0.1) is 0 Å². The lowest BCUT2D eigenvalue weighted by molar-refractivity contribution is -0.132. The summed E-state index contributed by atoms with van der Waals surface area (Å²) in [4.78, 5) is 11.3. The first-order valence-electron chi connectivity index (χ1n) is 11.4. The molecular weight excluding hydrogens is 408 g/mol. The maximum absolute atomic E-state index is 11.3. The molecule has 2 aromatic carbocycles. The van der Waals surface area contributed by atoms with Gasteiger partial charge in [-0.05, 0) is 104 Å². The molecule has 0 heterocycles. The van der Waals surface area contributed by atoms with Gasteiger partial charge in [0.2, 0.25) is 0 Å². The second kappa shape index (κ2) is 7.70. The molecule has 0 atom stereocenters. The quantitative estimate of drug-likeness (QED) is 0.493. The third-order valence-corrected chi connectivity index (χ3v) is 8.22. The van der Waals surface area contributed by atoms with E-state index >= 15 is 0 Å². The van der Waals surface area contributed by atoms with E-state index in [4.69, 9.17) is 11.6 Å². The smallest absolute Gasteiger partial charge is 0.331 e. The highest BCUT2D eigenvalue weighted by atomic mass is 35.5. The number of rotatable bonds is 5. The second-order valence-electron chi connectivity index (χ2n) is 10.00. The molecule has 162 valence electrons. The molecule has 4 aliphatic carbocycles. The van der Waals surface area contributed by atoms with E-state index in [1.165, 1.54) is 38.5 Å². The van der Waals surface area contributed by atoms with Gasteiger partial charge in [0.15, 0.2) is 0 Å². The van der Waals surface area contributed by atoms with Crippen LogP contribution in [0.15, 0.2) is 42.0 Å². The number of carboxylic acid groups (broad SMARTS) is 1. The summed E-state index contributed by atoms with van der Waals surface area (Å²) in [5, 5.41) is 20.7. The number of benzene rings is 2. The highest BCUT2D eigenvalue weighted by Crippen LogP contribution is 2.62. The summed E-state index contributed by atoms with van der Waals surface area (Å²) in [7, 11) is 0. The molecule has 4 fully saturated rings. The van der Waals surface area contributed by atoms with Gasteiger partial charge in [0.25, 0.3) is 0 Å². The number of carbonyl (C=O) groups is 1. The van der Waals surface area contributed by atoms with E-state index in [2.05, 4.69) is 6.07 Å². The number of carboxylic acids is 1. The largest absolute Gasteiger partial charge is 0.508 e. The van der Waals surface area contributed by atoms with Crippen LogP contribution in [-0.2, 0) is 10.2 Å². The predicted molar refractivity (Wildman–Crippen MR) is 124 cm³/mol. The Kier molecular flexibility index (Phi) is 5.13. The van der Waals surface area contributed by atoms with Gasteiger partial charge in [-0.1, -0.05) is 36.7 Å². The fourth-order valence-electron chi connectivity index (χ4n) is 6.94. The van der Waals surface area contributed by atoms with Gasteiger partial charge in [-0.2, -0.15) is 0 Å². The molecule has 0 radical (unpaired) electrons. The van der Waals surface area contributed by atoms with Gasteiger partial charge in [-0.3, -0.25) is 0 Å². The Bertz CT molecular complexity index is 1030. The van der Waals surface area contributed by atoms with Crippen molar-refractivity contribution < 1.29 is 15.0 Å². The van der Waals surface area contributed by atoms with Gasteiger partial charge in [0, 0.05) is 21.7 Å². The van der Waals surface area contributed by atoms with Crippen LogP contribution in [0.4, 0.5) is 0 Å². The van der Waals surface area contributed by atoms with Crippen LogP contribution in [0.2, 0.25) is 5.02 Å². The maximum atomic E-state index is 11.3. The zero-order valence-electron chi connectivity index (χ0n) is 17.9. The molecule has 4 saturated carbocycles. The molecule has 2 aromatic rings. The predicted octanol–water partition coefficient (Wildman–Crippen LogP) is 7.06. The molecule has 0 amide bonds. The molecule has 3 nitrogen and oxygen atoms in total. The summed E-state index contributed by atoms with van der Waals surface area (Å²) in [6.07, 6.45) is 9.84. The van der Waals surface area contributed by atoms with E-state index in [0.717, 1.165) is 40.0 Å². The van der Waals surface area contributed by atoms with Crippen molar-refractivity contribution in [3.05, 3.63) is 58.1 Å². The van der Waals surface area contributed by atoms with Crippen LogP contribution in [0.1, 0.15) is 63.0 Å². The molecular formula is C27H29ClO3. The molecule has 0 spiro atoms. The summed E-state index contributed by atoms with van der Waals surface area (Å²) in [6, 6.07) is 11.6. The Morgan fingerprint density at radius 2 is 1.71 bits per heavy atom. The number of aromatic hydroxyl groups is 1. The zero-order valence-corrected chi connectivity index (χ0v) is 18.7. The van der Waals surface area contributed by atoms with Crippen LogP contribution >= 0.6 is 11.6 Å². The second-order valence-corrected chi connectivity index (χ2v) is 10.4. The highest BCUT2D eigenvalue weighted by Gasteiger charge is 2.52. The van der Waals surface area contributed by atoms with Gasteiger partial charge >= 0.3 is 5.97 Å². The van der Waals surface area contributed by atoms with Crippen molar-refractivity contribution in [1.82, 2.24) is 0 Å². The molecule has 2 N–H and O–H groups in total. The van der Waals surface area contributed by atoms with E-state index in [9.17, 15) is 15.0 Å². The van der Waals surface area contributed by atoms with Crippen LogP contribution in [-0.4, -0.2) is 16.2 Å². The van der Waals surface area contributed by atoms with Gasteiger partial charge in [-0.25, -0.2) is 4.79 Å². The number of hydrogen-bond acceptors (Lipinski definition) is 2. The standard InChI is InChI=1S/C27H29ClO3/c1-2-20(26(30)31)10-16-3-5-22(24(28)11-16)21-4-6-25(29)23(12-21)27-13-17-7-18(14-27)9-19(8-17)15-27/h3-6,10-12,17-19,29H,2,7-9,13-15H2,1H3,(H,30,31). The number of phenols is 1. The van der Waals surface area contributed by atoms with E-state index in [1.807, 2.05) is 37.3 Å². The Hall–Kier alpha value is -2.26. The molecule has 6 rings (SSSR count). The van der Waals surface area contributed by atoms with E-state index in [-0.39, 0.29) is 5.41 Å². The molecule has 0 aliphatic heterocycles. The normalized spacial score (nSPS) is 29.4. The summed E-state index contributed by atoms with van der Waals surface area (Å²) in [5.41, 5.74) is 4.28. The lowest BCUT2D eigenvalue weighted by Crippen LogP contribution is -2.48. The van der Waals surface area contributed by atoms with Crippen LogP contribution in [0.25, 0.3) is 17.2 Å². The van der Waals surface area contributed by atoms with Gasteiger partial charge < -0.3 is 10.2 Å². The van der Waals surface area contributed by atoms with E-state index in [0.29, 0.717) is 22.8 Å². The number of phenolic OH excluding ortho intramolecular Hbond substituents is 1. The van der Waals surface area contributed by atoms with Crippen LogP contribution in [0, 0.1) is 17.8 Å². The minimum Gasteiger partial charge on any atom is -0.508 e. The minimum absolute atomic E-state index is 0.113. The molecule has 0 unspecified atom stereocenters. The number of halogens is 1. The summed E-state index contributed by atoms with van der Waals surface area (Å²) < 4.78 is 0. The Labute approximate surface area is 188 Å². The fraction of sp³-hybridized carbons (Fsp3) is 0.444. The monoisotopic (exact) mass is 436 g/mol. The molecule has 0 aromatic heterocycles. The number of aliphatic carboxylic acids is 1. The highest BCUT2D eigenvalue weighted by molar-refractivity contribution is 6.33. The van der Waals surface area contributed by atoms with Crippen molar-refractivity contribution >= 4 is 23.6 Å². The topological polar surface area (TPSA) is 57.5 Å². The fourth-order valence-corrected chi connectivity index (χ4v) is 7.24. The average molecular weight is 437 g/mol. The first-order chi connectivity index (χ1) is 14.9. The zero-order chi connectivity index (χ0) is 21.8. The third-order valence-electron chi connectivity index (χ3n) is 7.91. The molecule has 0 saturated heterocycles. The lowest BCUT2D eigenvalue weighted by atomic mass is 9.48. The average Bonchev–Trinajstić information content (AvgIpc) is 2.71. The lowest BCUT2D eigenvalue weighted by Gasteiger charge is -2.57. The van der Waals surface area contributed by atoms with Crippen molar-refractivity contribution in [2.75, 3.05) is 0 Å². The Balaban J connectivity index is 1.51. The molecule has 4 aliphatic rings. The van der Waals surface area contributed by atoms with Crippen molar-refractivity contribution in [1.29, 1.82) is 0 Å². The van der Waals surface area contributed by atoms with Crippen LogP contribution < -0.4 is 0 Å². The van der Waals surface area contributed by atoms with Gasteiger partial charge in [0.1, 0.15) is 5.75 Å². The van der Waals surface area contributed by atoms with E-state index < -0.39 is 5.97 Å². The first kappa shape index (κ1) is 20.6. The minimum atomic E-state index is -0.901. The van der Waals surface area contributed by atoms with Crippen LogP contribution in [0.3, 0.4) is 0 Å². The summed E-state index contributed by atoms with van der Waals surface area (Å²) in [5.74, 6) is 1.94. The maximum Gasteiger partial charge on any atom is 0.331 e. The van der Waals surface area contributed by atoms with E-state index in [1.54, 1.807) is 6.08 Å². The van der Waals surface area contributed by atoms with Gasteiger partial charge in [-0.15, -0.1) is 0 Å². The Morgan fingerprint density at radius 1 is 1.06 bits per heavy atom. The van der Waals surface area contributed by atoms with Crippen molar-refractivity contribution in [2.45, 2.75) is 57.3 Å². The van der Waals surface area contributed by atoms with Crippen molar-refractivity contribution in [3.63, 3.8) is 0 Å². The number of hydrogen-bond donors (Lipinski definition) is 2. The molecule has 4 heteroatoms. The summed E-state index contributed by atoms with van der Waals surface area (Å²) in [6.45, 7) is 1.83. The molecule has 4 bridgehead atoms. The Morgan fingerprint density at radius 3 is 2.26 bits per heavy atom. The SMILES string of the molecule is CCC(=Cc1ccc(-c2ccc(O)c(C34CC5CC(CC(C5)C3)C4)c2)c(Cl)c1)C(=O)O. The summed E-state index contributed by atoms with van der Waals surface area (Å²) >= 11 is 6.64. The molecule has 31 heavy (non-hydrogen) atoms.